The summed E-state index contributed by atoms with van der Waals surface area (Å²) in [5.41, 5.74) is 0. The fraction of sp³-hybridized carbons (Fsp3) is 0.833. The van der Waals surface area contributed by atoms with Crippen molar-refractivity contribution in [2.45, 2.75) is 25.9 Å². The minimum atomic E-state index is -0.844. The first-order valence-electron chi connectivity index (χ1n) is 3.17. The Morgan fingerprint density at radius 3 is 2.30 bits per heavy atom. The van der Waals surface area contributed by atoms with E-state index in [0.717, 1.165) is 0 Å². The van der Waals surface area contributed by atoms with Crippen LogP contribution in [0.5, 0.6) is 0 Å². The lowest BCUT2D eigenvalue weighted by Gasteiger charge is -2.14. The Labute approximate surface area is 66.2 Å². The van der Waals surface area contributed by atoms with E-state index in [0.29, 0.717) is 5.75 Å². The molecule has 0 rings (SSSR count). The number of carboxylic acid groups (broad SMARTS) is 1. The zero-order valence-corrected chi connectivity index (χ0v) is 7.06. The molecule has 0 unspecified atom stereocenters. The summed E-state index contributed by atoms with van der Waals surface area (Å²) in [6, 6.07) is -0.336. The second-order valence-corrected chi connectivity index (χ2v) is 2.76. The quantitative estimate of drug-likeness (QED) is 0.525. The Kier molecular flexibility index (Phi) is 4.47. The molecule has 1 atom stereocenters. The fourth-order valence-corrected chi connectivity index (χ4v) is 0.866. The van der Waals surface area contributed by atoms with E-state index in [-0.39, 0.29) is 6.04 Å². The van der Waals surface area contributed by atoms with Gasteiger partial charge in [-0.2, -0.15) is 12.6 Å². The minimum absolute atomic E-state index is 0.188. The Balaban J connectivity index is 3.72. The predicted molar refractivity (Wildman–Crippen MR) is 43.5 cm³/mol. The molecule has 0 bridgehead atoms. The van der Waals surface area contributed by atoms with E-state index in [1.54, 1.807) is 0 Å². The third-order valence-electron chi connectivity index (χ3n) is 1.02. The first kappa shape index (κ1) is 9.78. The third kappa shape index (κ3) is 3.74. The molecule has 0 aliphatic rings. The van der Waals surface area contributed by atoms with E-state index in [2.05, 4.69) is 17.9 Å². The normalized spacial score (nSPS) is 13.6. The first-order chi connectivity index (χ1) is 4.57. The number of thiol groups is 1. The van der Waals surface area contributed by atoms with Crippen LogP contribution in [0.2, 0.25) is 0 Å². The van der Waals surface area contributed by atoms with Gasteiger partial charge < -0.3 is 10.4 Å². The van der Waals surface area contributed by atoms with Crippen LogP contribution in [-0.2, 0) is 4.79 Å². The van der Waals surface area contributed by atoms with Crippen molar-refractivity contribution in [3.8, 4) is 0 Å². The molecule has 0 spiro atoms. The monoisotopic (exact) mass is 163 g/mol. The van der Waals surface area contributed by atoms with Gasteiger partial charge in [0.1, 0.15) is 6.04 Å². The summed E-state index contributed by atoms with van der Waals surface area (Å²) >= 11 is 3.89. The Bertz CT molecular complexity index is 116. The van der Waals surface area contributed by atoms with Crippen LogP contribution >= 0.6 is 12.6 Å². The largest absolute Gasteiger partial charge is 0.480 e. The van der Waals surface area contributed by atoms with E-state index >= 15 is 0 Å². The molecule has 0 aliphatic heterocycles. The molecule has 3 nitrogen and oxygen atoms in total. The maximum Gasteiger partial charge on any atom is 0.321 e. The topological polar surface area (TPSA) is 49.3 Å². The van der Waals surface area contributed by atoms with E-state index in [1.807, 2.05) is 13.8 Å². The van der Waals surface area contributed by atoms with Crippen LogP contribution in [0.15, 0.2) is 0 Å². The SMILES string of the molecule is CC(C)N[C@H](CS)C(=O)O. The van der Waals surface area contributed by atoms with E-state index < -0.39 is 12.0 Å². The van der Waals surface area contributed by atoms with Crippen molar-refractivity contribution in [1.82, 2.24) is 5.32 Å². The number of rotatable bonds is 4. The molecule has 0 heterocycles. The van der Waals surface area contributed by atoms with Crippen molar-refractivity contribution in [2.75, 3.05) is 5.75 Å². The van der Waals surface area contributed by atoms with Crippen molar-refractivity contribution in [3.05, 3.63) is 0 Å². The molecule has 0 saturated carbocycles. The average Bonchev–Trinajstić information content (AvgIpc) is 1.81. The second kappa shape index (κ2) is 4.57. The number of nitrogens with one attached hydrogen (secondary N) is 1. The summed E-state index contributed by atoms with van der Waals surface area (Å²) < 4.78 is 0. The maximum absolute atomic E-state index is 10.4. The van der Waals surface area contributed by atoms with Crippen LogP contribution in [0.1, 0.15) is 13.8 Å². The highest BCUT2D eigenvalue weighted by molar-refractivity contribution is 7.80. The maximum atomic E-state index is 10.4. The molecular formula is C6H13NO2S. The highest BCUT2D eigenvalue weighted by Gasteiger charge is 2.14. The lowest BCUT2D eigenvalue weighted by Crippen LogP contribution is -2.42. The summed E-state index contributed by atoms with van der Waals surface area (Å²) in [5, 5.41) is 11.4. The van der Waals surface area contributed by atoms with Crippen LogP contribution < -0.4 is 5.32 Å². The van der Waals surface area contributed by atoms with Gasteiger partial charge in [0, 0.05) is 11.8 Å². The molecule has 4 heteroatoms. The molecule has 0 amide bonds. The van der Waals surface area contributed by atoms with Gasteiger partial charge in [-0.3, -0.25) is 4.79 Å². The Hall–Kier alpha value is -0.220. The van der Waals surface area contributed by atoms with E-state index in [9.17, 15) is 4.79 Å². The zero-order valence-electron chi connectivity index (χ0n) is 6.16. The van der Waals surface area contributed by atoms with Crippen LogP contribution in [-0.4, -0.2) is 28.9 Å². The number of hydrogen-bond acceptors (Lipinski definition) is 3. The van der Waals surface area contributed by atoms with Crippen molar-refractivity contribution < 1.29 is 9.90 Å². The highest BCUT2D eigenvalue weighted by Crippen LogP contribution is 1.90. The van der Waals surface area contributed by atoms with Gasteiger partial charge in [0.05, 0.1) is 0 Å². The molecule has 0 radical (unpaired) electrons. The molecule has 0 aromatic heterocycles. The minimum Gasteiger partial charge on any atom is -0.480 e. The van der Waals surface area contributed by atoms with Crippen LogP contribution in [0.3, 0.4) is 0 Å². The van der Waals surface area contributed by atoms with Gasteiger partial charge in [0.25, 0.3) is 0 Å². The van der Waals surface area contributed by atoms with E-state index in [4.69, 9.17) is 5.11 Å². The van der Waals surface area contributed by atoms with Gasteiger partial charge in [0.15, 0.2) is 0 Å². The lowest BCUT2D eigenvalue weighted by molar-refractivity contribution is -0.139. The standard InChI is InChI=1S/C6H13NO2S/c1-4(2)7-5(3-10)6(8)9/h4-5,7,10H,3H2,1-2H3,(H,8,9)/t5-/m1/s1. The second-order valence-electron chi connectivity index (χ2n) is 2.39. The fourth-order valence-electron chi connectivity index (χ4n) is 0.604. The molecule has 0 fully saturated rings. The van der Waals surface area contributed by atoms with Crippen LogP contribution in [0.25, 0.3) is 0 Å². The first-order valence-corrected chi connectivity index (χ1v) is 3.81. The average molecular weight is 163 g/mol. The molecule has 0 aromatic rings. The predicted octanol–water partition coefficient (Wildman–Crippen LogP) is 0.367. The van der Waals surface area contributed by atoms with Gasteiger partial charge >= 0.3 is 5.97 Å². The summed E-state index contributed by atoms with van der Waals surface area (Å²) in [4.78, 5) is 10.4. The molecule has 0 aliphatic carbocycles. The van der Waals surface area contributed by atoms with Crippen molar-refractivity contribution in [3.63, 3.8) is 0 Å². The molecule has 2 N–H and O–H groups in total. The van der Waals surface area contributed by atoms with Gasteiger partial charge in [-0.1, -0.05) is 13.8 Å². The lowest BCUT2D eigenvalue weighted by atomic mass is 10.3. The zero-order chi connectivity index (χ0) is 8.15. The third-order valence-corrected chi connectivity index (χ3v) is 1.38. The highest BCUT2D eigenvalue weighted by atomic mass is 32.1. The summed E-state index contributed by atoms with van der Waals surface area (Å²) in [5.74, 6) is -0.517. The van der Waals surface area contributed by atoms with Crippen LogP contribution in [0.4, 0.5) is 0 Å². The Morgan fingerprint density at radius 2 is 2.20 bits per heavy atom. The molecule has 0 aromatic carbocycles. The molecule has 0 saturated heterocycles. The number of hydrogen-bond donors (Lipinski definition) is 3. The summed E-state index contributed by atoms with van der Waals surface area (Å²) in [6.07, 6.45) is 0. The number of carbonyl (C=O) groups is 1. The van der Waals surface area contributed by atoms with Gasteiger partial charge in [-0.25, -0.2) is 0 Å². The summed E-state index contributed by atoms with van der Waals surface area (Å²) in [7, 11) is 0. The Morgan fingerprint density at radius 1 is 1.70 bits per heavy atom. The van der Waals surface area contributed by atoms with Crippen molar-refractivity contribution in [1.29, 1.82) is 0 Å². The summed E-state index contributed by atoms with van der Waals surface area (Å²) in [6.45, 7) is 3.80. The smallest absolute Gasteiger partial charge is 0.321 e. The van der Waals surface area contributed by atoms with Crippen LogP contribution in [0, 0.1) is 0 Å². The van der Waals surface area contributed by atoms with Gasteiger partial charge in [-0.15, -0.1) is 0 Å². The van der Waals surface area contributed by atoms with Crippen molar-refractivity contribution in [2.24, 2.45) is 0 Å². The van der Waals surface area contributed by atoms with E-state index in [1.165, 1.54) is 0 Å². The van der Waals surface area contributed by atoms with Gasteiger partial charge in [0.2, 0.25) is 0 Å². The molecule has 10 heavy (non-hydrogen) atoms. The number of aliphatic carboxylic acids is 1. The van der Waals surface area contributed by atoms with Gasteiger partial charge in [-0.05, 0) is 0 Å². The number of carboxylic acids is 1. The molecule has 60 valence electrons. The molecular weight excluding hydrogens is 150 g/mol. The van der Waals surface area contributed by atoms with Crippen molar-refractivity contribution >= 4 is 18.6 Å².